The van der Waals surface area contributed by atoms with Crippen molar-refractivity contribution in [3.63, 3.8) is 0 Å². The van der Waals surface area contributed by atoms with Gasteiger partial charge in [-0.2, -0.15) is 5.10 Å². The number of hydrogen-bond acceptors (Lipinski definition) is 4. The van der Waals surface area contributed by atoms with Crippen LogP contribution < -0.4 is 5.73 Å². The van der Waals surface area contributed by atoms with Crippen LogP contribution >= 0.6 is 15.9 Å². The average Bonchev–Trinajstić information content (AvgIpc) is 2.57. The van der Waals surface area contributed by atoms with E-state index >= 15 is 0 Å². The molecule has 2 aromatic heterocycles. The number of rotatable bonds is 1. The first-order valence-electron chi connectivity index (χ1n) is 3.98. The highest BCUT2D eigenvalue weighted by molar-refractivity contribution is 9.10. The number of pyridine rings is 1. The zero-order valence-electron chi connectivity index (χ0n) is 7.48. The fourth-order valence-electron chi connectivity index (χ4n) is 1.03. The second-order valence-corrected chi connectivity index (χ2v) is 3.65. The van der Waals surface area contributed by atoms with Gasteiger partial charge in [-0.3, -0.25) is 0 Å². The van der Waals surface area contributed by atoms with Crippen molar-refractivity contribution in [1.29, 1.82) is 0 Å². The lowest BCUT2D eigenvalue weighted by atomic mass is 10.4. The van der Waals surface area contributed by atoms with E-state index in [9.17, 15) is 0 Å². The summed E-state index contributed by atoms with van der Waals surface area (Å²) in [7, 11) is 0. The molecule has 14 heavy (non-hydrogen) atoms. The Balaban J connectivity index is 2.47. The van der Waals surface area contributed by atoms with Gasteiger partial charge in [-0.25, -0.2) is 4.98 Å². The minimum Gasteiger partial charge on any atom is -0.381 e. The average molecular weight is 254 g/mol. The number of aromatic nitrogens is 4. The summed E-state index contributed by atoms with van der Waals surface area (Å²) in [6, 6.07) is 3.72. The van der Waals surface area contributed by atoms with Gasteiger partial charge in [-0.15, -0.1) is 9.90 Å². The molecule has 0 unspecified atom stereocenters. The van der Waals surface area contributed by atoms with Crippen molar-refractivity contribution in [1.82, 2.24) is 20.0 Å². The minimum absolute atomic E-state index is 0.382. The van der Waals surface area contributed by atoms with Crippen LogP contribution in [-0.2, 0) is 0 Å². The van der Waals surface area contributed by atoms with Crippen molar-refractivity contribution in [3.8, 4) is 5.82 Å². The largest absolute Gasteiger partial charge is 0.381 e. The molecule has 0 bridgehead atoms. The van der Waals surface area contributed by atoms with Crippen molar-refractivity contribution >= 4 is 21.7 Å². The smallest absolute Gasteiger partial charge is 0.174 e. The van der Waals surface area contributed by atoms with Gasteiger partial charge in [0.15, 0.2) is 11.6 Å². The molecular weight excluding hydrogens is 246 g/mol. The molecular formula is C8H8BrN5. The topological polar surface area (TPSA) is 69.6 Å². The Morgan fingerprint density at radius 3 is 2.79 bits per heavy atom. The van der Waals surface area contributed by atoms with E-state index in [4.69, 9.17) is 5.73 Å². The van der Waals surface area contributed by atoms with Gasteiger partial charge in [0.05, 0.1) is 11.9 Å². The van der Waals surface area contributed by atoms with E-state index in [2.05, 4.69) is 31.1 Å². The maximum Gasteiger partial charge on any atom is 0.174 e. The van der Waals surface area contributed by atoms with Gasteiger partial charge in [0, 0.05) is 4.47 Å². The fourth-order valence-corrected chi connectivity index (χ4v) is 1.25. The number of aryl methyl sites for hydroxylation is 1. The van der Waals surface area contributed by atoms with Crippen LogP contribution in [0.2, 0.25) is 0 Å². The third kappa shape index (κ3) is 1.60. The summed E-state index contributed by atoms with van der Waals surface area (Å²) in [5.41, 5.74) is 6.34. The molecule has 0 aliphatic carbocycles. The highest BCUT2D eigenvalue weighted by Gasteiger charge is 2.03. The molecule has 0 aliphatic heterocycles. The molecule has 72 valence electrons. The third-order valence-electron chi connectivity index (χ3n) is 1.72. The van der Waals surface area contributed by atoms with Gasteiger partial charge in [0.2, 0.25) is 0 Å². The van der Waals surface area contributed by atoms with Crippen molar-refractivity contribution in [2.75, 3.05) is 5.73 Å². The third-order valence-corrected chi connectivity index (χ3v) is 2.56. The van der Waals surface area contributed by atoms with Crippen LogP contribution in [0.1, 0.15) is 5.69 Å². The van der Waals surface area contributed by atoms with Gasteiger partial charge in [-0.05, 0) is 35.0 Å². The summed E-state index contributed by atoms with van der Waals surface area (Å²) in [5, 5.41) is 7.92. The molecule has 0 atom stereocenters. The Labute approximate surface area is 89.1 Å². The molecule has 0 radical (unpaired) electrons. The molecule has 0 spiro atoms. The van der Waals surface area contributed by atoms with Gasteiger partial charge >= 0.3 is 0 Å². The van der Waals surface area contributed by atoms with Gasteiger partial charge in [0.25, 0.3) is 0 Å². The SMILES string of the molecule is Cc1nc(-n2ncc(N)n2)ccc1Br. The zero-order valence-corrected chi connectivity index (χ0v) is 9.06. The van der Waals surface area contributed by atoms with Crippen molar-refractivity contribution in [3.05, 3.63) is 28.5 Å². The maximum absolute atomic E-state index is 5.45. The van der Waals surface area contributed by atoms with E-state index < -0.39 is 0 Å². The predicted octanol–water partition coefficient (Wildman–Crippen LogP) is 1.32. The molecule has 2 N–H and O–H groups in total. The fraction of sp³-hybridized carbons (Fsp3) is 0.125. The summed E-state index contributed by atoms with van der Waals surface area (Å²) in [6.07, 6.45) is 1.49. The van der Waals surface area contributed by atoms with Gasteiger partial charge in [0.1, 0.15) is 0 Å². The Hall–Kier alpha value is -1.43. The molecule has 2 aromatic rings. The van der Waals surface area contributed by atoms with Crippen molar-refractivity contribution in [2.24, 2.45) is 0 Å². The second kappa shape index (κ2) is 3.38. The zero-order chi connectivity index (χ0) is 10.1. The van der Waals surface area contributed by atoms with Crippen LogP contribution in [0.25, 0.3) is 5.82 Å². The van der Waals surface area contributed by atoms with E-state index in [1.807, 2.05) is 19.1 Å². The molecule has 2 rings (SSSR count). The first kappa shape index (κ1) is 9.14. The van der Waals surface area contributed by atoms with Crippen LogP contribution in [0.4, 0.5) is 5.82 Å². The Morgan fingerprint density at radius 1 is 1.43 bits per heavy atom. The summed E-state index contributed by atoms with van der Waals surface area (Å²) >= 11 is 3.37. The van der Waals surface area contributed by atoms with E-state index in [0.717, 1.165) is 10.2 Å². The van der Waals surface area contributed by atoms with Crippen LogP contribution in [0, 0.1) is 6.92 Å². The number of nitrogens with zero attached hydrogens (tertiary/aromatic N) is 4. The molecule has 0 fully saturated rings. The maximum atomic E-state index is 5.45. The molecule has 0 aromatic carbocycles. The monoisotopic (exact) mass is 253 g/mol. The van der Waals surface area contributed by atoms with Crippen LogP contribution in [0.3, 0.4) is 0 Å². The molecule has 2 heterocycles. The van der Waals surface area contributed by atoms with Gasteiger partial charge in [-0.1, -0.05) is 0 Å². The first-order valence-corrected chi connectivity index (χ1v) is 4.77. The number of halogens is 1. The quantitative estimate of drug-likeness (QED) is 0.833. The van der Waals surface area contributed by atoms with E-state index in [1.165, 1.54) is 11.0 Å². The second-order valence-electron chi connectivity index (χ2n) is 2.80. The minimum atomic E-state index is 0.382. The van der Waals surface area contributed by atoms with Crippen molar-refractivity contribution in [2.45, 2.75) is 6.92 Å². The summed E-state index contributed by atoms with van der Waals surface area (Å²) in [6.45, 7) is 1.90. The Kier molecular flexibility index (Phi) is 2.20. The van der Waals surface area contributed by atoms with Crippen LogP contribution in [0.15, 0.2) is 22.8 Å². The molecule has 5 nitrogen and oxygen atoms in total. The van der Waals surface area contributed by atoms with Crippen molar-refractivity contribution < 1.29 is 0 Å². The number of nitrogens with two attached hydrogens (primary N) is 1. The Bertz CT molecular complexity index is 465. The Morgan fingerprint density at radius 2 is 2.21 bits per heavy atom. The van der Waals surface area contributed by atoms with E-state index in [1.54, 1.807) is 0 Å². The lowest BCUT2D eigenvalue weighted by Crippen LogP contribution is -2.03. The number of hydrogen-bond donors (Lipinski definition) is 1. The molecule has 6 heteroatoms. The molecule has 0 saturated carbocycles. The molecule has 0 amide bonds. The highest BCUT2D eigenvalue weighted by Crippen LogP contribution is 2.15. The van der Waals surface area contributed by atoms with E-state index in [-0.39, 0.29) is 0 Å². The van der Waals surface area contributed by atoms with Crippen LogP contribution in [-0.4, -0.2) is 20.0 Å². The molecule has 0 saturated heterocycles. The lowest BCUT2D eigenvalue weighted by molar-refractivity contribution is 0.728. The van der Waals surface area contributed by atoms with E-state index in [0.29, 0.717) is 11.6 Å². The normalized spacial score (nSPS) is 10.4. The predicted molar refractivity (Wildman–Crippen MR) is 56.0 cm³/mol. The summed E-state index contributed by atoms with van der Waals surface area (Å²) in [5.74, 6) is 1.04. The number of nitrogen functional groups attached to an aromatic ring is 1. The molecule has 0 aliphatic rings. The summed E-state index contributed by atoms with van der Waals surface area (Å²) in [4.78, 5) is 5.69. The van der Waals surface area contributed by atoms with Gasteiger partial charge < -0.3 is 5.73 Å². The summed E-state index contributed by atoms with van der Waals surface area (Å²) < 4.78 is 0.960. The number of anilines is 1. The highest BCUT2D eigenvalue weighted by atomic mass is 79.9. The first-order chi connectivity index (χ1) is 6.66. The van der Waals surface area contributed by atoms with Crippen LogP contribution in [0.5, 0.6) is 0 Å². The lowest BCUT2D eigenvalue weighted by Gasteiger charge is -2.01. The standard InChI is InChI=1S/C8H8BrN5/c1-5-6(9)2-3-8(12-5)14-11-4-7(10)13-14/h2-4H,1H3,(H2,10,13).